The maximum absolute atomic E-state index is 11.1. The number of hydrogen-bond donors (Lipinski definition) is 1. The smallest absolute Gasteiger partial charge is 0.0926 e. The van der Waals surface area contributed by atoms with E-state index in [1.807, 2.05) is 18.2 Å². The fourth-order valence-electron chi connectivity index (χ4n) is 4.13. The normalized spacial score (nSPS) is 35.3. The lowest BCUT2D eigenvalue weighted by Gasteiger charge is -2.52. The molecule has 2 bridgehead atoms. The molecule has 2 heteroatoms. The van der Waals surface area contributed by atoms with E-state index in [0.717, 1.165) is 18.4 Å². The van der Waals surface area contributed by atoms with Crippen LogP contribution < -0.4 is 0 Å². The molecule has 0 saturated carbocycles. The van der Waals surface area contributed by atoms with Gasteiger partial charge in [0.2, 0.25) is 0 Å². The molecule has 104 valence electrons. The van der Waals surface area contributed by atoms with Gasteiger partial charge in [0.15, 0.2) is 0 Å². The van der Waals surface area contributed by atoms with Gasteiger partial charge in [0.1, 0.15) is 0 Å². The van der Waals surface area contributed by atoms with Crippen LogP contribution in [0.4, 0.5) is 0 Å². The summed E-state index contributed by atoms with van der Waals surface area (Å²) in [5, 5.41) is 11.1. The highest BCUT2D eigenvalue weighted by molar-refractivity contribution is 5.24. The van der Waals surface area contributed by atoms with E-state index in [0.29, 0.717) is 12.1 Å². The summed E-state index contributed by atoms with van der Waals surface area (Å²) in [7, 11) is 0. The van der Waals surface area contributed by atoms with E-state index in [-0.39, 0.29) is 0 Å². The van der Waals surface area contributed by atoms with Crippen LogP contribution in [0.1, 0.15) is 51.0 Å². The largest absolute Gasteiger partial charge is 0.385 e. The summed E-state index contributed by atoms with van der Waals surface area (Å²) in [5.41, 5.74) is 0.518. The number of nitrogens with zero attached hydrogens (tertiary/aromatic N) is 1. The molecular formula is C17H25NO. The Morgan fingerprint density at radius 3 is 2.37 bits per heavy atom. The predicted molar refractivity (Wildman–Crippen MR) is 78.0 cm³/mol. The van der Waals surface area contributed by atoms with Crippen molar-refractivity contribution in [2.45, 2.75) is 63.1 Å². The summed E-state index contributed by atoms with van der Waals surface area (Å²) in [6.07, 6.45) is 6.88. The van der Waals surface area contributed by atoms with Gasteiger partial charge in [-0.25, -0.2) is 0 Å². The van der Waals surface area contributed by atoms with Crippen molar-refractivity contribution in [3.63, 3.8) is 0 Å². The van der Waals surface area contributed by atoms with Crippen molar-refractivity contribution in [3.05, 3.63) is 35.9 Å². The second kappa shape index (κ2) is 5.26. The fourth-order valence-corrected chi connectivity index (χ4v) is 4.13. The van der Waals surface area contributed by atoms with Gasteiger partial charge in [0.25, 0.3) is 0 Å². The molecule has 19 heavy (non-hydrogen) atoms. The van der Waals surface area contributed by atoms with Crippen LogP contribution in [0, 0.1) is 0 Å². The molecular weight excluding hydrogens is 234 g/mol. The molecule has 1 unspecified atom stereocenters. The highest BCUT2D eigenvalue weighted by Gasteiger charge is 2.45. The molecule has 1 aromatic carbocycles. The first-order valence-electron chi connectivity index (χ1n) is 7.76. The van der Waals surface area contributed by atoms with Gasteiger partial charge in [-0.1, -0.05) is 43.7 Å². The molecule has 3 rings (SSSR count). The number of piperidine rings is 2. The Hall–Kier alpha value is -0.860. The van der Waals surface area contributed by atoms with Crippen molar-refractivity contribution in [1.29, 1.82) is 0 Å². The molecule has 0 spiro atoms. The SMILES string of the molecule is CCCN1[C@@H]2CCC[C@H]1CC(O)(c1ccccc1)C2. The van der Waals surface area contributed by atoms with Gasteiger partial charge in [-0.2, -0.15) is 0 Å². The lowest BCUT2D eigenvalue weighted by Crippen LogP contribution is -2.56. The Bertz CT molecular complexity index is 403. The molecule has 2 fully saturated rings. The third kappa shape index (κ3) is 2.44. The zero-order valence-electron chi connectivity index (χ0n) is 11.9. The lowest BCUT2D eigenvalue weighted by atomic mass is 9.72. The van der Waals surface area contributed by atoms with Crippen molar-refractivity contribution in [2.24, 2.45) is 0 Å². The van der Waals surface area contributed by atoms with E-state index in [1.54, 1.807) is 0 Å². The van der Waals surface area contributed by atoms with Crippen molar-refractivity contribution in [2.75, 3.05) is 6.54 Å². The number of rotatable bonds is 3. The first-order valence-corrected chi connectivity index (χ1v) is 7.76. The van der Waals surface area contributed by atoms with Crippen LogP contribution in [-0.2, 0) is 5.60 Å². The molecule has 0 amide bonds. The van der Waals surface area contributed by atoms with E-state index in [4.69, 9.17) is 0 Å². The minimum absolute atomic E-state index is 0.581. The third-order valence-corrected chi connectivity index (χ3v) is 4.95. The van der Waals surface area contributed by atoms with Crippen LogP contribution in [0.5, 0.6) is 0 Å². The molecule has 0 aromatic heterocycles. The van der Waals surface area contributed by atoms with Gasteiger partial charge >= 0.3 is 0 Å². The predicted octanol–water partition coefficient (Wildman–Crippen LogP) is 3.30. The maximum Gasteiger partial charge on any atom is 0.0926 e. The first-order chi connectivity index (χ1) is 9.23. The van der Waals surface area contributed by atoms with Crippen LogP contribution in [0.15, 0.2) is 30.3 Å². The molecule has 2 saturated heterocycles. The van der Waals surface area contributed by atoms with E-state index in [1.165, 1.54) is 32.2 Å². The molecule has 0 aliphatic carbocycles. The second-order valence-corrected chi connectivity index (χ2v) is 6.28. The zero-order valence-corrected chi connectivity index (χ0v) is 11.9. The van der Waals surface area contributed by atoms with Gasteiger partial charge in [0.05, 0.1) is 5.60 Å². The highest BCUT2D eigenvalue weighted by Crippen LogP contribution is 2.44. The van der Waals surface area contributed by atoms with Crippen molar-refractivity contribution < 1.29 is 5.11 Å². The summed E-state index contributed by atoms with van der Waals surface area (Å²) >= 11 is 0. The molecule has 1 N–H and O–H groups in total. The van der Waals surface area contributed by atoms with E-state index >= 15 is 0 Å². The van der Waals surface area contributed by atoms with E-state index in [9.17, 15) is 5.11 Å². The first kappa shape index (κ1) is 13.1. The number of aliphatic hydroxyl groups is 1. The lowest BCUT2D eigenvalue weighted by molar-refractivity contribution is -0.0964. The summed E-state index contributed by atoms with van der Waals surface area (Å²) in [4.78, 5) is 2.67. The van der Waals surface area contributed by atoms with Crippen LogP contribution in [0.3, 0.4) is 0 Å². The molecule has 3 atom stereocenters. The van der Waals surface area contributed by atoms with Crippen molar-refractivity contribution in [3.8, 4) is 0 Å². The molecule has 2 heterocycles. The number of hydrogen-bond acceptors (Lipinski definition) is 2. The van der Waals surface area contributed by atoms with Gasteiger partial charge in [-0.15, -0.1) is 0 Å². The van der Waals surface area contributed by atoms with Crippen LogP contribution in [0.25, 0.3) is 0 Å². The quantitative estimate of drug-likeness (QED) is 0.900. The summed E-state index contributed by atoms with van der Waals surface area (Å²) in [6.45, 7) is 3.45. The van der Waals surface area contributed by atoms with Crippen LogP contribution in [0.2, 0.25) is 0 Å². The van der Waals surface area contributed by atoms with E-state index in [2.05, 4.69) is 24.0 Å². The topological polar surface area (TPSA) is 23.5 Å². The van der Waals surface area contributed by atoms with Gasteiger partial charge in [0, 0.05) is 12.1 Å². The Balaban J connectivity index is 1.84. The number of fused-ring (bicyclic) bond motifs is 2. The Labute approximate surface area is 116 Å². The number of benzene rings is 1. The van der Waals surface area contributed by atoms with Gasteiger partial charge in [-0.05, 0) is 44.2 Å². The third-order valence-electron chi connectivity index (χ3n) is 4.95. The molecule has 2 aliphatic heterocycles. The molecule has 1 aromatic rings. The Morgan fingerprint density at radius 1 is 1.16 bits per heavy atom. The summed E-state index contributed by atoms with van der Waals surface area (Å²) < 4.78 is 0. The van der Waals surface area contributed by atoms with E-state index < -0.39 is 5.60 Å². The highest BCUT2D eigenvalue weighted by atomic mass is 16.3. The molecule has 0 radical (unpaired) electrons. The molecule has 2 aliphatic rings. The average molecular weight is 259 g/mol. The van der Waals surface area contributed by atoms with Gasteiger partial charge in [-0.3, -0.25) is 4.90 Å². The van der Waals surface area contributed by atoms with Crippen LogP contribution >= 0.6 is 0 Å². The molecule has 2 nitrogen and oxygen atoms in total. The summed E-state index contributed by atoms with van der Waals surface area (Å²) in [5.74, 6) is 0. The average Bonchev–Trinajstić information content (AvgIpc) is 2.41. The maximum atomic E-state index is 11.1. The minimum Gasteiger partial charge on any atom is -0.385 e. The van der Waals surface area contributed by atoms with Crippen molar-refractivity contribution in [1.82, 2.24) is 4.90 Å². The minimum atomic E-state index is -0.596. The van der Waals surface area contributed by atoms with Crippen molar-refractivity contribution >= 4 is 0 Å². The standard InChI is InChI=1S/C17H25NO/c1-2-11-18-15-9-6-10-16(18)13-17(19,12-15)14-7-4-3-5-8-14/h3-5,7-8,15-16,19H,2,6,9-13H2,1H3/t15-,16+,17?. The zero-order chi connectivity index (χ0) is 13.3. The Kier molecular flexibility index (Phi) is 3.64. The van der Waals surface area contributed by atoms with Crippen LogP contribution in [-0.4, -0.2) is 28.6 Å². The second-order valence-electron chi connectivity index (χ2n) is 6.28. The fraction of sp³-hybridized carbons (Fsp3) is 0.647. The summed E-state index contributed by atoms with van der Waals surface area (Å²) in [6, 6.07) is 11.5. The monoisotopic (exact) mass is 259 g/mol. The van der Waals surface area contributed by atoms with Gasteiger partial charge < -0.3 is 5.11 Å². The Morgan fingerprint density at radius 2 is 1.79 bits per heavy atom.